The molecule has 15 heavy (non-hydrogen) atoms. The Morgan fingerprint density at radius 1 is 1.20 bits per heavy atom. The molecule has 2 nitrogen and oxygen atoms in total. The van der Waals surface area contributed by atoms with E-state index in [9.17, 15) is 5.11 Å². The predicted molar refractivity (Wildman–Crippen MR) is 58.6 cm³/mol. The van der Waals surface area contributed by atoms with Crippen molar-refractivity contribution >= 4 is 0 Å². The number of aliphatic hydroxyl groups excluding tert-OH is 1. The van der Waals surface area contributed by atoms with Crippen molar-refractivity contribution in [1.29, 1.82) is 0 Å². The highest BCUT2D eigenvalue weighted by Crippen LogP contribution is 2.22. The molecular formula is C13H14O2. The second-order valence-electron chi connectivity index (χ2n) is 3.67. The van der Waals surface area contributed by atoms with Crippen molar-refractivity contribution in [1.82, 2.24) is 0 Å². The van der Waals surface area contributed by atoms with Gasteiger partial charge >= 0.3 is 0 Å². The van der Waals surface area contributed by atoms with E-state index in [-0.39, 0.29) is 0 Å². The summed E-state index contributed by atoms with van der Waals surface area (Å²) in [6.07, 6.45) is 1.65. The summed E-state index contributed by atoms with van der Waals surface area (Å²) in [4.78, 5) is 0. The lowest BCUT2D eigenvalue weighted by atomic mass is 10.0. The van der Waals surface area contributed by atoms with Crippen molar-refractivity contribution in [3.63, 3.8) is 0 Å². The Hall–Kier alpha value is -1.54. The average Bonchev–Trinajstić information content (AvgIpc) is 2.66. The topological polar surface area (TPSA) is 33.4 Å². The minimum absolute atomic E-state index is 0.553. The first-order chi connectivity index (χ1) is 7.27. The Morgan fingerprint density at radius 3 is 2.53 bits per heavy atom. The van der Waals surface area contributed by atoms with Crippen molar-refractivity contribution in [2.45, 2.75) is 19.4 Å². The third-order valence-electron chi connectivity index (χ3n) is 2.48. The van der Waals surface area contributed by atoms with Crippen LogP contribution in [0.25, 0.3) is 0 Å². The fourth-order valence-electron chi connectivity index (χ4n) is 1.66. The summed E-state index contributed by atoms with van der Waals surface area (Å²) >= 11 is 0. The van der Waals surface area contributed by atoms with Gasteiger partial charge < -0.3 is 9.52 Å². The number of hydrogen-bond donors (Lipinski definition) is 1. The Labute approximate surface area is 89.2 Å². The number of aliphatic hydroxyl groups is 1. The van der Waals surface area contributed by atoms with Crippen molar-refractivity contribution in [2.24, 2.45) is 0 Å². The maximum atomic E-state index is 9.95. The SMILES string of the molecule is Cc1ccoc1C(O)Cc1ccccc1. The number of hydrogen-bond acceptors (Lipinski definition) is 2. The second-order valence-corrected chi connectivity index (χ2v) is 3.67. The highest BCUT2D eigenvalue weighted by atomic mass is 16.4. The molecule has 0 spiro atoms. The molecule has 0 bridgehead atoms. The quantitative estimate of drug-likeness (QED) is 0.830. The van der Waals surface area contributed by atoms with Crippen molar-refractivity contribution in [3.8, 4) is 0 Å². The molecule has 1 heterocycles. The maximum Gasteiger partial charge on any atom is 0.135 e. The lowest BCUT2D eigenvalue weighted by molar-refractivity contribution is 0.149. The smallest absolute Gasteiger partial charge is 0.135 e. The van der Waals surface area contributed by atoms with Gasteiger partial charge in [-0.25, -0.2) is 0 Å². The number of furan rings is 1. The van der Waals surface area contributed by atoms with Crippen molar-refractivity contribution in [2.75, 3.05) is 0 Å². The van der Waals surface area contributed by atoms with Crippen LogP contribution >= 0.6 is 0 Å². The fourth-order valence-corrected chi connectivity index (χ4v) is 1.66. The summed E-state index contributed by atoms with van der Waals surface area (Å²) < 4.78 is 5.25. The molecule has 0 fully saturated rings. The van der Waals surface area contributed by atoms with E-state index in [0.29, 0.717) is 12.2 Å². The predicted octanol–water partition coefficient (Wildman–Crippen LogP) is 2.86. The number of rotatable bonds is 3. The van der Waals surface area contributed by atoms with E-state index < -0.39 is 6.10 Å². The minimum atomic E-state index is -0.553. The Kier molecular flexibility index (Phi) is 2.88. The molecule has 0 aliphatic rings. The van der Waals surface area contributed by atoms with Gasteiger partial charge in [-0.05, 0) is 24.1 Å². The van der Waals surface area contributed by atoms with Gasteiger partial charge in [0.05, 0.1) is 6.26 Å². The molecule has 1 unspecified atom stereocenters. The third kappa shape index (κ3) is 2.28. The molecule has 0 saturated heterocycles. The molecule has 1 aromatic carbocycles. The van der Waals surface area contributed by atoms with Crippen LogP contribution in [-0.4, -0.2) is 5.11 Å². The fraction of sp³-hybridized carbons (Fsp3) is 0.231. The van der Waals surface area contributed by atoms with Crippen molar-refractivity contribution in [3.05, 3.63) is 59.5 Å². The zero-order valence-corrected chi connectivity index (χ0v) is 8.68. The summed E-state index contributed by atoms with van der Waals surface area (Å²) in [7, 11) is 0. The van der Waals surface area contributed by atoms with Crippen LogP contribution in [0.1, 0.15) is 23.0 Å². The molecule has 1 aromatic heterocycles. The normalized spacial score (nSPS) is 12.7. The molecule has 2 rings (SSSR count). The summed E-state index contributed by atoms with van der Waals surface area (Å²) in [6, 6.07) is 11.8. The molecule has 0 amide bonds. The lowest BCUT2D eigenvalue weighted by Crippen LogP contribution is -2.01. The summed E-state index contributed by atoms with van der Waals surface area (Å²) in [6.45, 7) is 1.94. The Bertz CT molecular complexity index is 417. The summed E-state index contributed by atoms with van der Waals surface area (Å²) in [5, 5.41) is 9.95. The van der Waals surface area contributed by atoms with E-state index in [1.54, 1.807) is 6.26 Å². The standard InChI is InChI=1S/C13H14O2/c1-10-7-8-15-13(10)12(14)9-11-5-3-2-4-6-11/h2-8,12,14H,9H2,1H3. The minimum Gasteiger partial charge on any atom is -0.466 e. The first-order valence-electron chi connectivity index (χ1n) is 5.03. The molecule has 0 aliphatic carbocycles. The first-order valence-corrected chi connectivity index (χ1v) is 5.03. The molecule has 2 heteroatoms. The third-order valence-corrected chi connectivity index (χ3v) is 2.48. The highest BCUT2D eigenvalue weighted by molar-refractivity contribution is 5.21. The van der Waals surface area contributed by atoms with Crippen LogP contribution in [0.15, 0.2) is 47.1 Å². The summed E-state index contributed by atoms with van der Waals surface area (Å²) in [5.41, 5.74) is 2.11. The van der Waals surface area contributed by atoms with Gasteiger partial charge in [0.2, 0.25) is 0 Å². The van der Waals surface area contributed by atoms with Gasteiger partial charge in [0.15, 0.2) is 0 Å². The molecule has 78 valence electrons. The highest BCUT2D eigenvalue weighted by Gasteiger charge is 2.13. The van der Waals surface area contributed by atoms with Gasteiger partial charge in [-0.1, -0.05) is 30.3 Å². The maximum absolute atomic E-state index is 9.95. The van der Waals surface area contributed by atoms with Gasteiger partial charge in [0, 0.05) is 6.42 Å². The van der Waals surface area contributed by atoms with E-state index in [1.165, 1.54) is 0 Å². The van der Waals surface area contributed by atoms with E-state index in [2.05, 4.69) is 0 Å². The van der Waals surface area contributed by atoms with Crippen LogP contribution in [0.4, 0.5) is 0 Å². The molecule has 0 saturated carbocycles. The zero-order valence-electron chi connectivity index (χ0n) is 8.68. The molecule has 2 aromatic rings. The Balaban J connectivity index is 2.11. The van der Waals surface area contributed by atoms with E-state index in [0.717, 1.165) is 11.1 Å². The van der Waals surface area contributed by atoms with Gasteiger partial charge in [-0.3, -0.25) is 0 Å². The Morgan fingerprint density at radius 2 is 1.93 bits per heavy atom. The average molecular weight is 202 g/mol. The van der Waals surface area contributed by atoms with E-state index >= 15 is 0 Å². The van der Waals surface area contributed by atoms with Crippen LogP contribution in [0.5, 0.6) is 0 Å². The molecule has 0 radical (unpaired) electrons. The lowest BCUT2D eigenvalue weighted by Gasteiger charge is -2.08. The van der Waals surface area contributed by atoms with Crippen LogP contribution in [0.3, 0.4) is 0 Å². The van der Waals surface area contributed by atoms with Gasteiger partial charge in [-0.2, -0.15) is 0 Å². The van der Waals surface area contributed by atoms with Gasteiger partial charge in [-0.15, -0.1) is 0 Å². The second kappa shape index (κ2) is 4.32. The van der Waals surface area contributed by atoms with Gasteiger partial charge in [0.25, 0.3) is 0 Å². The molecule has 0 aliphatic heterocycles. The van der Waals surface area contributed by atoms with Crippen LogP contribution in [0, 0.1) is 6.92 Å². The van der Waals surface area contributed by atoms with Crippen molar-refractivity contribution < 1.29 is 9.52 Å². The number of benzene rings is 1. The van der Waals surface area contributed by atoms with E-state index in [4.69, 9.17) is 4.42 Å². The van der Waals surface area contributed by atoms with Crippen LogP contribution < -0.4 is 0 Å². The van der Waals surface area contributed by atoms with E-state index in [1.807, 2.05) is 43.3 Å². The number of aryl methyl sites for hydroxylation is 1. The summed E-state index contributed by atoms with van der Waals surface area (Å²) in [5.74, 6) is 0.666. The molecule has 1 N–H and O–H groups in total. The monoisotopic (exact) mass is 202 g/mol. The van der Waals surface area contributed by atoms with Crippen LogP contribution in [-0.2, 0) is 6.42 Å². The first kappa shape index (κ1) is 9.99. The molecular weight excluding hydrogens is 188 g/mol. The molecule has 1 atom stereocenters. The zero-order chi connectivity index (χ0) is 10.7. The largest absolute Gasteiger partial charge is 0.466 e. The van der Waals surface area contributed by atoms with Crippen LogP contribution in [0.2, 0.25) is 0 Å². The van der Waals surface area contributed by atoms with Gasteiger partial charge in [0.1, 0.15) is 11.9 Å².